The average molecular weight is 448 g/mol. The molecule has 4 rings (SSSR count). The van der Waals surface area contributed by atoms with Crippen molar-refractivity contribution < 1.29 is 9.47 Å². The number of ether oxygens (including phenoxy) is 2. The summed E-state index contributed by atoms with van der Waals surface area (Å²) in [6, 6.07) is 21.2. The predicted molar refractivity (Wildman–Crippen MR) is 126 cm³/mol. The van der Waals surface area contributed by atoms with E-state index in [1.54, 1.807) is 19.5 Å². The summed E-state index contributed by atoms with van der Waals surface area (Å²) in [5.41, 5.74) is 1.93. The van der Waals surface area contributed by atoms with Crippen LogP contribution >= 0.6 is 11.6 Å². The van der Waals surface area contributed by atoms with Crippen LogP contribution < -0.4 is 19.7 Å². The molecule has 2 aromatic carbocycles. The van der Waals surface area contributed by atoms with E-state index < -0.39 is 0 Å². The van der Waals surface area contributed by atoms with E-state index in [9.17, 15) is 0 Å². The highest BCUT2D eigenvalue weighted by molar-refractivity contribution is 6.30. The van der Waals surface area contributed by atoms with Crippen molar-refractivity contribution in [1.82, 2.24) is 15.0 Å². The van der Waals surface area contributed by atoms with Crippen LogP contribution in [0.2, 0.25) is 5.02 Å². The van der Waals surface area contributed by atoms with Crippen LogP contribution in [0.1, 0.15) is 5.56 Å². The Balaban J connectivity index is 1.61. The molecule has 0 atom stereocenters. The minimum Gasteiger partial charge on any atom is -0.497 e. The quantitative estimate of drug-likeness (QED) is 0.371. The lowest BCUT2D eigenvalue weighted by Gasteiger charge is -2.20. The highest BCUT2D eigenvalue weighted by atomic mass is 35.5. The third-order valence-electron chi connectivity index (χ3n) is 4.69. The molecule has 0 saturated heterocycles. The zero-order valence-corrected chi connectivity index (χ0v) is 18.5. The molecule has 32 heavy (non-hydrogen) atoms. The molecular formula is C24H22ClN5O2. The van der Waals surface area contributed by atoms with Crippen LogP contribution in [0, 0.1) is 0 Å². The Hall–Kier alpha value is -3.84. The summed E-state index contributed by atoms with van der Waals surface area (Å²) in [5.74, 6) is 3.22. The lowest BCUT2D eigenvalue weighted by Crippen LogP contribution is -2.13. The fraction of sp³-hybridized carbons (Fsp3) is 0.125. The summed E-state index contributed by atoms with van der Waals surface area (Å²) in [6.45, 7) is 0.485. The number of halogens is 1. The van der Waals surface area contributed by atoms with E-state index in [0.717, 1.165) is 22.8 Å². The second kappa shape index (κ2) is 9.98. The first-order valence-electron chi connectivity index (χ1n) is 9.94. The van der Waals surface area contributed by atoms with Gasteiger partial charge in [0.2, 0.25) is 11.8 Å². The number of aromatic nitrogens is 3. The van der Waals surface area contributed by atoms with E-state index >= 15 is 0 Å². The summed E-state index contributed by atoms with van der Waals surface area (Å²) in [6.07, 6.45) is 3.10. The maximum absolute atomic E-state index is 6.02. The molecule has 2 aromatic heterocycles. The fourth-order valence-corrected chi connectivity index (χ4v) is 3.10. The summed E-state index contributed by atoms with van der Waals surface area (Å²) >= 11 is 5.87. The standard InChI is InChI=1S/C24H22ClN5O2/c1-30(19-8-10-20(31-2)11-9-19)22-12-17(14-26-24-27-15-18(25)16-28-24)13-23(29-22)32-21-6-4-3-5-7-21/h3-13,15-16H,14H2,1-2H3,(H,26,27,28). The molecule has 0 amide bonds. The number of hydrogen-bond donors (Lipinski definition) is 1. The number of para-hydroxylation sites is 1. The van der Waals surface area contributed by atoms with Gasteiger partial charge in [-0.3, -0.25) is 0 Å². The SMILES string of the molecule is COc1ccc(N(C)c2cc(CNc3ncc(Cl)cn3)cc(Oc3ccccc3)n2)cc1. The van der Waals surface area contributed by atoms with E-state index in [2.05, 4.69) is 15.3 Å². The second-order valence-electron chi connectivity index (χ2n) is 6.92. The first kappa shape index (κ1) is 21.4. The molecule has 0 spiro atoms. The Labute approximate surface area is 191 Å². The zero-order chi connectivity index (χ0) is 22.3. The number of anilines is 3. The van der Waals surface area contributed by atoms with Crippen LogP contribution in [0.3, 0.4) is 0 Å². The molecule has 0 saturated carbocycles. The van der Waals surface area contributed by atoms with Gasteiger partial charge in [0.15, 0.2) is 0 Å². The molecule has 0 radical (unpaired) electrons. The Morgan fingerprint density at radius 3 is 2.34 bits per heavy atom. The third kappa shape index (κ3) is 5.44. The van der Waals surface area contributed by atoms with Crippen molar-refractivity contribution in [2.45, 2.75) is 6.54 Å². The smallest absolute Gasteiger partial charge is 0.222 e. The summed E-state index contributed by atoms with van der Waals surface area (Å²) in [4.78, 5) is 15.1. The molecule has 0 fully saturated rings. The monoisotopic (exact) mass is 447 g/mol. The van der Waals surface area contributed by atoms with Gasteiger partial charge in [0.1, 0.15) is 17.3 Å². The Bertz CT molecular complexity index is 1160. The number of nitrogens with zero attached hydrogens (tertiary/aromatic N) is 4. The van der Waals surface area contributed by atoms with Crippen molar-refractivity contribution in [2.24, 2.45) is 0 Å². The van der Waals surface area contributed by atoms with Crippen molar-refractivity contribution in [2.75, 3.05) is 24.4 Å². The van der Waals surface area contributed by atoms with Gasteiger partial charge in [-0.25, -0.2) is 9.97 Å². The molecule has 8 heteroatoms. The normalized spacial score (nSPS) is 10.5. The van der Waals surface area contributed by atoms with E-state index in [1.807, 2.05) is 78.7 Å². The van der Waals surface area contributed by atoms with Crippen molar-refractivity contribution in [3.05, 3.63) is 89.7 Å². The molecule has 0 aliphatic heterocycles. The van der Waals surface area contributed by atoms with E-state index in [1.165, 1.54) is 0 Å². The molecule has 0 bridgehead atoms. The molecule has 2 heterocycles. The van der Waals surface area contributed by atoms with Crippen molar-refractivity contribution in [3.63, 3.8) is 0 Å². The fourth-order valence-electron chi connectivity index (χ4n) is 3.00. The highest BCUT2D eigenvalue weighted by Crippen LogP contribution is 2.29. The minimum atomic E-state index is 0.485. The Morgan fingerprint density at radius 1 is 0.938 bits per heavy atom. The number of benzene rings is 2. The van der Waals surface area contributed by atoms with Crippen LogP contribution in [0.5, 0.6) is 17.4 Å². The van der Waals surface area contributed by atoms with E-state index in [0.29, 0.717) is 29.1 Å². The van der Waals surface area contributed by atoms with Gasteiger partial charge < -0.3 is 19.7 Å². The van der Waals surface area contributed by atoms with Crippen molar-refractivity contribution in [1.29, 1.82) is 0 Å². The van der Waals surface area contributed by atoms with Gasteiger partial charge in [0.05, 0.1) is 24.5 Å². The zero-order valence-electron chi connectivity index (χ0n) is 17.7. The molecule has 1 N–H and O–H groups in total. The molecular weight excluding hydrogens is 426 g/mol. The van der Waals surface area contributed by atoms with Crippen molar-refractivity contribution in [3.8, 4) is 17.4 Å². The molecule has 0 aliphatic rings. The first-order chi connectivity index (χ1) is 15.6. The summed E-state index contributed by atoms with van der Waals surface area (Å²) < 4.78 is 11.3. The molecule has 7 nitrogen and oxygen atoms in total. The van der Waals surface area contributed by atoms with Crippen LogP contribution in [-0.4, -0.2) is 29.1 Å². The van der Waals surface area contributed by atoms with Gasteiger partial charge in [-0.2, -0.15) is 4.98 Å². The molecule has 0 aliphatic carbocycles. The lowest BCUT2D eigenvalue weighted by molar-refractivity contribution is 0.415. The van der Waals surface area contributed by atoms with Gasteiger partial charge in [-0.05, 0) is 48.0 Å². The number of hydrogen-bond acceptors (Lipinski definition) is 7. The van der Waals surface area contributed by atoms with Crippen LogP contribution in [0.15, 0.2) is 79.1 Å². The number of methoxy groups -OCH3 is 1. The van der Waals surface area contributed by atoms with Gasteiger partial charge >= 0.3 is 0 Å². The number of pyridine rings is 1. The molecule has 0 unspecified atom stereocenters. The van der Waals surface area contributed by atoms with Crippen molar-refractivity contribution >= 4 is 29.1 Å². The van der Waals surface area contributed by atoms with E-state index in [4.69, 9.17) is 26.1 Å². The molecule has 4 aromatic rings. The largest absolute Gasteiger partial charge is 0.497 e. The number of nitrogens with one attached hydrogen (secondary N) is 1. The van der Waals surface area contributed by atoms with Gasteiger partial charge in [0, 0.05) is 25.3 Å². The average Bonchev–Trinajstić information content (AvgIpc) is 2.84. The van der Waals surface area contributed by atoms with Gasteiger partial charge in [-0.1, -0.05) is 29.8 Å². The molecule has 162 valence electrons. The minimum absolute atomic E-state index is 0.485. The maximum Gasteiger partial charge on any atom is 0.222 e. The van der Waals surface area contributed by atoms with Gasteiger partial charge in [0.25, 0.3) is 0 Å². The predicted octanol–water partition coefficient (Wildman–Crippen LogP) is 5.71. The lowest BCUT2D eigenvalue weighted by atomic mass is 10.2. The number of rotatable bonds is 8. The third-order valence-corrected chi connectivity index (χ3v) is 4.88. The van der Waals surface area contributed by atoms with Crippen LogP contribution in [-0.2, 0) is 6.54 Å². The summed E-state index contributed by atoms with van der Waals surface area (Å²) in [5, 5.41) is 3.69. The topological polar surface area (TPSA) is 72.4 Å². The highest BCUT2D eigenvalue weighted by Gasteiger charge is 2.11. The van der Waals surface area contributed by atoms with E-state index in [-0.39, 0.29) is 0 Å². The van der Waals surface area contributed by atoms with Gasteiger partial charge in [-0.15, -0.1) is 0 Å². The maximum atomic E-state index is 6.02. The Kier molecular flexibility index (Phi) is 6.67. The Morgan fingerprint density at radius 2 is 1.66 bits per heavy atom. The first-order valence-corrected chi connectivity index (χ1v) is 10.3. The second-order valence-corrected chi connectivity index (χ2v) is 7.36. The van der Waals surface area contributed by atoms with Crippen LogP contribution in [0.4, 0.5) is 17.5 Å². The van der Waals surface area contributed by atoms with Crippen LogP contribution in [0.25, 0.3) is 0 Å². The summed E-state index contributed by atoms with van der Waals surface area (Å²) in [7, 11) is 3.60.